The molecule has 0 atom stereocenters. The number of carbonyl (C=O) groups is 1. The van der Waals surface area contributed by atoms with Crippen LogP contribution in [0, 0.1) is 10.1 Å². The minimum absolute atomic E-state index is 0.0359. The zero-order valence-corrected chi connectivity index (χ0v) is 15.9. The molecule has 2 aliphatic rings. The van der Waals surface area contributed by atoms with Crippen molar-refractivity contribution in [2.75, 3.05) is 33.0 Å². The molecule has 1 amide bonds. The molecule has 2 heterocycles. The van der Waals surface area contributed by atoms with Crippen LogP contribution in [0.5, 0.6) is 11.5 Å². The number of hydrogen-bond donors (Lipinski definition) is 1. The summed E-state index contributed by atoms with van der Waals surface area (Å²) in [5.41, 5.74) is 1.49. The number of carbonyl (C=O) groups excluding carboxylic acids is 1. The summed E-state index contributed by atoms with van der Waals surface area (Å²) in [7, 11) is 0. The Hall–Kier alpha value is -3.39. The number of piperazine rings is 1. The van der Waals surface area contributed by atoms with E-state index in [9.17, 15) is 14.9 Å². The van der Waals surface area contributed by atoms with Crippen LogP contribution in [-0.4, -0.2) is 48.7 Å². The molecule has 2 aromatic carbocycles. The van der Waals surface area contributed by atoms with Crippen molar-refractivity contribution < 1.29 is 24.1 Å². The highest BCUT2D eigenvalue weighted by Gasteiger charge is 2.24. The maximum Gasteiger partial charge on any atom is 0.280 e. The average molecular weight is 396 g/mol. The fourth-order valence-electron chi connectivity index (χ4n) is 3.61. The van der Waals surface area contributed by atoms with Crippen molar-refractivity contribution in [1.29, 1.82) is 0 Å². The first kappa shape index (κ1) is 18.9. The lowest BCUT2D eigenvalue weighted by Gasteiger charge is -2.31. The summed E-state index contributed by atoms with van der Waals surface area (Å²) in [6.45, 7) is 4.05. The molecule has 0 bridgehead atoms. The summed E-state index contributed by atoms with van der Waals surface area (Å²) in [5, 5.41) is 11.3. The Labute approximate surface area is 168 Å². The molecule has 8 nitrogen and oxygen atoms in total. The fourth-order valence-corrected chi connectivity index (χ4v) is 3.61. The van der Waals surface area contributed by atoms with E-state index in [1.807, 2.05) is 18.2 Å². The highest BCUT2D eigenvalue weighted by molar-refractivity contribution is 5.92. The number of ether oxygens (including phenoxy) is 2. The predicted molar refractivity (Wildman–Crippen MR) is 106 cm³/mol. The second kappa shape index (κ2) is 8.32. The van der Waals surface area contributed by atoms with Crippen molar-refractivity contribution in [1.82, 2.24) is 4.90 Å². The normalized spacial score (nSPS) is 16.3. The van der Waals surface area contributed by atoms with E-state index in [1.54, 1.807) is 4.90 Å². The summed E-state index contributed by atoms with van der Waals surface area (Å²) in [6.07, 6.45) is 2.87. The third-order valence-electron chi connectivity index (χ3n) is 5.20. The Morgan fingerprint density at radius 3 is 2.52 bits per heavy atom. The molecule has 1 fully saturated rings. The molecule has 0 spiro atoms. The number of hydrogen-bond acceptors (Lipinski definition) is 5. The Kier molecular flexibility index (Phi) is 5.44. The van der Waals surface area contributed by atoms with Crippen LogP contribution in [0.1, 0.15) is 11.1 Å². The van der Waals surface area contributed by atoms with E-state index in [2.05, 4.69) is 12.1 Å². The van der Waals surface area contributed by atoms with Crippen LogP contribution in [0.2, 0.25) is 0 Å². The number of nitro groups is 1. The molecule has 0 aliphatic carbocycles. The number of rotatable bonds is 5. The van der Waals surface area contributed by atoms with Crippen LogP contribution in [-0.2, 0) is 11.3 Å². The molecular weight excluding hydrogens is 374 g/mol. The van der Waals surface area contributed by atoms with Crippen LogP contribution in [0.25, 0.3) is 6.08 Å². The van der Waals surface area contributed by atoms with Gasteiger partial charge in [0.2, 0.25) is 12.7 Å². The molecule has 2 aromatic rings. The van der Waals surface area contributed by atoms with Crippen molar-refractivity contribution in [2.24, 2.45) is 0 Å². The van der Waals surface area contributed by atoms with Gasteiger partial charge in [-0.15, -0.1) is 0 Å². The number of fused-ring (bicyclic) bond motifs is 1. The van der Waals surface area contributed by atoms with E-state index >= 15 is 0 Å². The van der Waals surface area contributed by atoms with E-state index in [1.165, 1.54) is 34.7 Å². The zero-order chi connectivity index (χ0) is 20.2. The lowest BCUT2D eigenvalue weighted by atomic mass is 10.1. The monoisotopic (exact) mass is 396 g/mol. The SMILES string of the molecule is O=C(/C=C/c1cc2c(cc1[N+](=O)[O-])OCO2)N1CC[NH+](Cc2ccccc2)CC1. The summed E-state index contributed by atoms with van der Waals surface area (Å²) in [5.74, 6) is 0.647. The number of quaternary nitrogens is 1. The highest BCUT2D eigenvalue weighted by Crippen LogP contribution is 2.38. The molecule has 0 aromatic heterocycles. The summed E-state index contributed by atoms with van der Waals surface area (Å²) in [4.78, 5) is 26.6. The maximum absolute atomic E-state index is 12.6. The Bertz CT molecular complexity index is 937. The first-order chi connectivity index (χ1) is 14.1. The number of benzene rings is 2. The minimum Gasteiger partial charge on any atom is -0.454 e. The molecule has 4 rings (SSSR count). The standard InChI is InChI=1S/C21H21N3O5/c25-21(23-10-8-22(9-11-23)14-16-4-2-1-3-5-16)7-6-17-12-19-20(29-15-28-19)13-18(17)24(26)27/h1-7,12-13H,8-11,14-15H2/p+1/b7-6+. The minimum atomic E-state index is -0.488. The third-order valence-corrected chi connectivity index (χ3v) is 5.20. The van der Waals surface area contributed by atoms with Crippen molar-refractivity contribution in [3.05, 3.63) is 69.8 Å². The van der Waals surface area contributed by atoms with Crippen LogP contribution in [0.15, 0.2) is 48.5 Å². The van der Waals surface area contributed by atoms with Gasteiger partial charge in [0, 0.05) is 11.6 Å². The third kappa shape index (κ3) is 4.38. The Balaban J connectivity index is 1.38. The summed E-state index contributed by atoms with van der Waals surface area (Å²) >= 11 is 0. The van der Waals surface area contributed by atoms with Gasteiger partial charge in [0.1, 0.15) is 6.54 Å². The van der Waals surface area contributed by atoms with Gasteiger partial charge in [-0.3, -0.25) is 14.9 Å². The molecule has 0 saturated carbocycles. The van der Waals surface area contributed by atoms with Crippen LogP contribution in [0.3, 0.4) is 0 Å². The van der Waals surface area contributed by atoms with Gasteiger partial charge in [-0.05, 0) is 12.1 Å². The van der Waals surface area contributed by atoms with Crippen molar-refractivity contribution in [2.45, 2.75) is 6.54 Å². The number of nitrogens with one attached hydrogen (secondary N) is 1. The van der Waals surface area contributed by atoms with Gasteiger partial charge in [-0.2, -0.15) is 0 Å². The van der Waals surface area contributed by atoms with Crippen molar-refractivity contribution in [3.63, 3.8) is 0 Å². The predicted octanol–water partition coefficient (Wildman–Crippen LogP) is 1.26. The van der Waals surface area contributed by atoms with Gasteiger partial charge < -0.3 is 19.3 Å². The molecule has 1 N–H and O–H groups in total. The van der Waals surface area contributed by atoms with E-state index < -0.39 is 4.92 Å². The van der Waals surface area contributed by atoms with Gasteiger partial charge >= 0.3 is 0 Å². The smallest absolute Gasteiger partial charge is 0.280 e. The Morgan fingerprint density at radius 1 is 1.14 bits per heavy atom. The van der Waals surface area contributed by atoms with E-state index in [4.69, 9.17) is 9.47 Å². The number of nitro benzene ring substituents is 1. The second-order valence-electron chi connectivity index (χ2n) is 7.09. The van der Waals surface area contributed by atoms with Crippen molar-refractivity contribution in [3.8, 4) is 11.5 Å². The molecule has 2 aliphatic heterocycles. The number of nitrogens with zero attached hydrogens (tertiary/aromatic N) is 2. The molecule has 29 heavy (non-hydrogen) atoms. The topological polar surface area (TPSA) is 86.3 Å². The second-order valence-corrected chi connectivity index (χ2v) is 7.09. The van der Waals surface area contributed by atoms with Crippen LogP contribution < -0.4 is 14.4 Å². The van der Waals surface area contributed by atoms with E-state index in [-0.39, 0.29) is 18.4 Å². The largest absolute Gasteiger partial charge is 0.454 e. The van der Waals surface area contributed by atoms with Gasteiger partial charge in [0.15, 0.2) is 11.5 Å². The highest BCUT2D eigenvalue weighted by atomic mass is 16.7. The van der Waals surface area contributed by atoms with E-state index in [0.29, 0.717) is 30.2 Å². The summed E-state index contributed by atoms with van der Waals surface area (Å²) < 4.78 is 10.5. The molecule has 8 heteroatoms. The molecule has 1 saturated heterocycles. The maximum atomic E-state index is 12.6. The van der Waals surface area contributed by atoms with Crippen LogP contribution in [0.4, 0.5) is 5.69 Å². The lowest BCUT2D eigenvalue weighted by molar-refractivity contribution is -0.917. The Morgan fingerprint density at radius 2 is 1.83 bits per heavy atom. The first-order valence-corrected chi connectivity index (χ1v) is 9.52. The van der Waals surface area contributed by atoms with Crippen LogP contribution >= 0.6 is 0 Å². The molecule has 0 radical (unpaired) electrons. The van der Waals surface area contributed by atoms with Gasteiger partial charge in [0.05, 0.1) is 42.7 Å². The zero-order valence-electron chi connectivity index (χ0n) is 15.9. The first-order valence-electron chi connectivity index (χ1n) is 9.52. The molecular formula is C21H22N3O5+. The molecule has 150 valence electrons. The summed E-state index contributed by atoms with van der Waals surface area (Å²) in [6, 6.07) is 13.2. The molecule has 0 unspecified atom stereocenters. The van der Waals surface area contributed by atoms with Gasteiger partial charge in [-0.1, -0.05) is 30.3 Å². The number of amides is 1. The van der Waals surface area contributed by atoms with Gasteiger partial charge in [0.25, 0.3) is 5.69 Å². The van der Waals surface area contributed by atoms with Crippen molar-refractivity contribution >= 4 is 17.7 Å². The lowest BCUT2D eigenvalue weighted by Crippen LogP contribution is -3.13. The fraction of sp³-hybridized carbons (Fsp3) is 0.286. The average Bonchev–Trinajstić information content (AvgIpc) is 3.20. The van der Waals surface area contributed by atoms with E-state index in [0.717, 1.165) is 19.6 Å². The van der Waals surface area contributed by atoms with Gasteiger partial charge in [-0.25, -0.2) is 0 Å². The quantitative estimate of drug-likeness (QED) is 0.467.